The van der Waals surface area contributed by atoms with Gasteiger partial charge in [0.25, 0.3) is 5.56 Å². The van der Waals surface area contributed by atoms with E-state index in [1.54, 1.807) is 22.8 Å². The Hall–Kier alpha value is -2.67. The molecule has 176 valence electrons. The lowest BCUT2D eigenvalue weighted by atomic mass is 10.0. The van der Waals surface area contributed by atoms with Crippen LogP contribution in [0.15, 0.2) is 52.1 Å². The van der Waals surface area contributed by atoms with E-state index in [1.165, 1.54) is 4.57 Å². The zero-order valence-electron chi connectivity index (χ0n) is 19.4. The minimum Gasteiger partial charge on any atom is -0.289 e. The van der Waals surface area contributed by atoms with E-state index in [4.69, 9.17) is 0 Å². The van der Waals surface area contributed by atoms with Gasteiger partial charge in [0.05, 0.1) is 28.5 Å². The molecule has 1 aliphatic carbocycles. The smallest absolute Gasteiger partial charge is 0.289 e. The second-order valence-electron chi connectivity index (χ2n) is 9.25. The molecule has 1 aliphatic rings. The summed E-state index contributed by atoms with van der Waals surface area (Å²) in [7, 11) is -3.21. The van der Waals surface area contributed by atoms with Crippen LogP contribution in [-0.2, 0) is 22.9 Å². The van der Waals surface area contributed by atoms with Crippen LogP contribution in [0, 0.1) is 13.8 Å². The van der Waals surface area contributed by atoms with Crippen molar-refractivity contribution in [1.82, 2.24) is 9.13 Å². The number of aryl methyl sites for hydroxylation is 2. The maximum atomic E-state index is 13.4. The Kier molecular flexibility index (Phi) is 6.88. The topological polar surface area (TPSA) is 78.1 Å². The normalized spacial score (nSPS) is 15.2. The highest BCUT2D eigenvalue weighted by Crippen LogP contribution is 2.24. The van der Waals surface area contributed by atoms with Gasteiger partial charge in [-0.15, -0.1) is 0 Å². The lowest BCUT2D eigenvalue weighted by Gasteiger charge is -2.21. The van der Waals surface area contributed by atoms with E-state index in [0.29, 0.717) is 17.4 Å². The number of fused-ring (bicyclic) bond motifs is 1. The summed E-state index contributed by atoms with van der Waals surface area (Å²) in [6.07, 6.45) is 4.71. The van der Waals surface area contributed by atoms with Crippen LogP contribution in [0.4, 0.5) is 0 Å². The molecule has 0 bridgehead atoms. The van der Waals surface area contributed by atoms with E-state index in [1.807, 2.05) is 32.0 Å². The Labute approximate surface area is 194 Å². The summed E-state index contributed by atoms with van der Waals surface area (Å²) in [4.78, 5) is 26.5. The first-order valence-corrected chi connectivity index (χ1v) is 13.5. The average Bonchev–Trinajstić information content (AvgIpc) is 2.80. The third kappa shape index (κ3) is 4.98. The van der Waals surface area contributed by atoms with Crippen LogP contribution in [0.25, 0.3) is 10.9 Å². The number of benzene rings is 2. The molecular formula is C26H32N2O4S. The Morgan fingerprint density at radius 2 is 1.67 bits per heavy atom. The summed E-state index contributed by atoms with van der Waals surface area (Å²) < 4.78 is 28.4. The molecule has 0 radical (unpaired) electrons. The fourth-order valence-electron chi connectivity index (χ4n) is 4.93. The minimum atomic E-state index is -3.21. The van der Waals surface area contributed by atoms with Gasteiger partial charge >= 0.3 is 5.69 Å². The van der Waals surface area contributed by atoms with Gasteiger partial charge < -0.3 is 0 Å². The predicted octanol–water partition coefficient (Wildman–Crippen LogP) is 3.97. The first kappa shape index (κ1) is 23.5. The second kappa shape index (κ2) is 9.67. The third-order valence-electron chi connectivity index (χ3n) is 6.83. The number of hydrogen-bond acceptors (Lipinski definition) is 4. The lowest BCUT2D eigenvalue weighted by molar-refractivity contribution is 0.481. The van der Waals surface area contributed by atoms with Gasteiger partial charge in [0.1, 0.15) is 0 Å². The van der Waals surface area contributed by atoms with Crippen LogP contribution in [0.3, 0.4) is 0 Å². The Morgan fingerprint density at radius 3 is 2.39 bits per heavy atom. The van der Waals surface area contributed by atoms with Gasteiger partial charge in [-0.3, -0.25) is 13.9 Å². The van der Waals surface area contributed by atoms with Crippen molar-refractivity contribution in [3.63, 3.8) is 0 Å². The zero-order chi connectivity index (χ0) is 23.6. The number of para-hydroxylation sites is 1. The first-order valence-electron chi connectivity index (χ1n) is 11.8. The molecule has 0 saturated heterocycles. The van der Waals surface area contributed by atoms with Crippen LogP contribution >= 0.6 is 0 Å². The fraction of sp³-hybridized carbons (Fsp3) is 0.462. The van der Waals surface area contributed by atoms with Crippen molar-refractivity contribution >= 4 is 20.7 Å². The number of aromatic nitrogens is 2. The highest BCUT2D eigenvalue weighted by atomic mass is 32.2. The maximum Gasteiger partial charge on any atom is 0.331 e. The SMILES string of the molecule is Cc1ccc(Cn2c(=O)n(CCCS(=O)(=O)C3CCCCC3)c(=O)c3ccccc32)c(C)c1. The molecule has 1 saturated carbocycles. The van der Waals surface area contributed by atoms with Crippen molar-refractivity contribution in [3.8, 4) is 0 Å². The maximum absolute atomic E-state index is 13.4. The van der Waals surface area contributed by atoms with Crippen molar-refractivity contribution < 1.29 is 8.42 Å². The van der Waals surface area contributed by atoms with Crippen molar-refractivity contribution in [2.24, 2.45) is 0 Å². The molecule has 6 nitrogen and oxygen atoms in total. The fourth-order valence-corrected chi connectivity index (χ4v) is 6.85. The van der Waals surface area contributed by atoms with Crippen LogP contribution in [0.1, 0.15) is 55.2 Å². The molecule has 0 spiro atoms. The van der Waals surface area contributed by atoms with Gasteiger partial charge in [-0.2, -0.15) is 0 Å². The Morgan fingerprint density at radius 1 is 0.939 bits per heavy atom. The summed E-state index contributed by atoms with van der Waals surface area (Å²) in [6, 6.07) is 13.2. The lowest BCUT2D eigenvalue weighted by Crippen LogP contribution is -2.41. The van der Waals surface area contributed by atoms with E-state index in [-0.39, 0.29) is 29.5 Å². The van der Waals surface area contributed by atoms with Crippen LogP contribution in [0.2, 0.25) is 0 Å². The van der Waals surface area contributed by atoms with Crippen molar-refractivity contribution in [2.75, 3.05) is 5.75 Å². The summed E-state index contributed by atoms with van der Waals surface area (Å²) in [5.41, 5.74) is 3.09. The molecule has 0 N–H and O–H groups in total. The first-order chi connectivity index (χ1) is 15.8. The molecule has 0 amide bonds. The Bertz CT molecular complexity index is 1380. The molecule has 0 atom stereocenters. The third-order valence-corrected chi connectivity index (χ3v) is 9.17. The van der Waals surface area contributed by atoms with E-state index in [0.717, 1.165) is 48.8 Å². The summed E-state index contributed by atoms with van der Waals surface area (Å²) in [5.74, 6) is 0.00738. The number of rotatable bonds is 7. The van der Waals surface area contributed by atoms with E-state index in [2.05, 4.69) is 6.07 Å². The molecule has 0 aliphatic heterocycles. The number of sulfone groups is 1. The van der Waals surface area contributed by atoms with Gasteiger partial charge in [0.2, 0.25) is 0 Å². The number of hydrogen-bond donors (Lipinski definition) is 0. The molecule has 2 aromatic carbocycles. The molecule has 1 aromatic heterocycles. The van der Waals surface area contributed by atoms with Crippen molar-refractivity contribution in [1.29, 1.82) is 0 Å². The zero-order valence-corrected chi connectivity index (χ0v) is 20.2. The molecule has 1 heterocycles. The molecule has 7 heteroatoms. The van der Waals surface area contributed by atoms with Crippen LogP contribution in [-0.4, -0.2) is 28.6 Å². The molecule has 3 aromatic rings. The second-order valence-corrected chi connectivity index (χ2v) is 11.7. The van der Waals surface area contributed by atoms with Gasteiger partial charge in [0, 0.05) is 6.54 Å². The van der Waals surface area contributed by atoms with Crippen LogP contribution < -0.4 is 11.2 Å². The molecule has 4 rings (SSSR count). The van der Waals surface area contributed by atoms with Gasteiger partial charge in [-0.1, -0.05) is 55.2 Å². The molecule has 33 heavy (non-hydrogen) atoms. The van der Waals surface area contributed by atoms with Gasteiger partial charge in [0.15, 0.2) is 9.84 Å². The number of nitrogens with zero attached hydrogens (tertiary/aromatic N) is 2. The largest absolute Gasteiger partial charge is 0.331 e. The summed E-state index contributed by atoms with van der Waals surface area (Å²) in [5, 5.41) is 0.192. The molecular weight excluding hydrogens is 436 g/mol. The summed E-state index contributed by atoms with van der Waals surface area (Å²) in [6.45, 7) is 4.50. The predicted molar refractivity (Wildman–Crippen MR) is 133 cm³/mol. The monoisotopic (exact) mass is 468 g/mol. The van der Waals surface area contributed by atoms with E-state index < -0.39 is 15.5 Å². The highest BCUT2D eigenvalue weighted by molar-refractivity contribution is 7.92. The van der Waals surface area contributed by atoms with Gasteiger partial charge in [-0.05, 0) is 56.4 Å². The average molecular weight is 469 g/mol. The van der Waals surface area contributed by atoms with Crippen LogP contribution in [0.5, 0.6) is 0 Å². The quantitative estimate of drug-likeness (QED) is 0.526. The van der Waals surface area contributed by atoms with Gasteiger partial charge in [-0.25, -0.2) is 13.2 Å². The molecule has 0 unspecified atom stereocenters. The summed E-state index contributed by atoms with van der Waals surface area (Å²) >= 11 is 0. The molecule has 1 fully saturated rings. The van der Waals surface area contributed by atoms with E-state index in [9.17, 15) is 18.0 Å². The standard InChI is InChI=1S/C26H32N2O4S/c1-19-13-14-21(20(2)17-19)18-28-24-12-7-6-11-23(24)25(29)27(26(28)30)15-8-16-33(31,32)22-9-4-3-5-10-22/h6-7,11-14,17,22H,3-5,8-10,15-16,18H2,1-2H3. The van der Waals surface area contributed by atoms with Crippen molar-refractivity contribution in [3.05, 3.63) is 80.0 Å². The highest BCUT2D eigenvalue weighted by Gasteiger charge is 2.27. The van der Waals surface area contributed by atoms with Crippen molar-refractivity contribution in [2.45, 2.75) is 70.7 Å². The van der Waals surface area contributed by atoms with E-state index >= 15 is 0 Å². The Balaban J connectivity index is 1.66. The minimum absolute atomic E-state index is 0.00738.